The maximum atomic E-state index is 12.6. The number of nitrogens with one attached hydrogen (secondary N) is 3. The molecule has 32 heavy (non-hydrogen) atoms. The standard InChI is InChI=1S/C23H28N4O4S/c1-17(28)25-21(18-8-4-2-5-9-18)16-23(29)26-19-11-13-20(14-12-19)32(30,31)27-22-10-6-3-7-15-24-22/h2,4-5,8-9,11-14,21H,3,6-7,10,15-16H2,1H3,(H,24,27)(H,25,28)(H,26,29)/t21-/m1/s1. The molecule has 0 bridgehead atoms. The number of hydrogen-bond acceptors (Lipinski definition) is 5. The van der Waals surface area contributed by atoms with Gasteiger partial charge in [-0.1, -0.05) is 36.8 Å². The van der Waals surface area contributed by atoms with Crippen molar-refractivity contribution in [2.24, 2.45) is 4.99 Å². The first-order chi connectivity index (χ1) is 15.3. The van der Waals surface area contributed by atoms with Crippen LogP contribution in [0.25, 0.3) is 0 Å². The minimum absolute atomic E-state index is 0.0466. The van der Waals surface area contributed by atoms with Gasteiger partial charge in [0.15, 0.2) is 0 Å². The van der Waals surface area contributed by atoms with Gasteiger partial charge in [0.2, 0.25) is 11.8 Å². The van der Waals surface area contributed by atoms with E-state index in [0.29, 0.717) is 24.5 Å². The molecule has 9 heteroatoms. The quantitative estimate of drug-likeness (QED) is 0.593. The number of benzene rings is 2. The molecule has 0 spiro atoms. The van der Waals surface area contributed by atoms with E-state index in [1.807, 2.05) is 30.3 Å². The minimum Gasteiger partial charge on any atom is -0.349 e. The van der Waals surface area contributed by atoms with Gasteiger partial charge in [-0.3, -0.25) is 19.3 Å². The van der Waals surface area contributed by atoms with E-state index in [1.54, 1.807) is 0 Å². The predicted molar refractivity (Wildman–Crippen MR) is 124 cm³/mol. The number of carbonyl (C=O) groups excluding carboxylic acids is 2. The zero-order valence-electron chi connectivity index (χ0n) is 18.0. The number of carbonyl (C=O) groups is 2. The number of rotatable bonds is 7. The summed E-state index contributed by atoms with van der Waals surface area (Å²) in [4.78, 5) is 28.5. The largest absolute Gasteiger partial charge is 0.349 e. The van der Waals surface area contributed by atoms with Gasteiger partial charge in [-0.05, 0) is 42.7 Å². The van der Waals surface area contributed by atoms with Gasteiger partial charge in [0.25, 0.3) is 10.0 Å². The Bertz CT molecular complexity index is 1070. The smallest absolute Gasteiger partial charge is 0.262 e. The number of amidine groups is 1. The molecule has 0 unspecified atom stereocenters. The van der Waals surface area contributed by atoms with Crippen molar-refractivity contribution in [2.75, 3.05) is 11.9 Å². The summed E-state index contributed by atoms with van der Waals surface area (Å²) in [6.45, 7) is 2.03. The van der Waals surface area contributed by atoms with Gasteiger partial charge < -0.3 is 10.6 Å². The average Bonchev–Trinajstić information content (AvgIpc) is 3.02. The van der Waals surface area contributed by atoms with E-state index in [1.165, 1.54) is 31.2 Å². The highest BCUT2D eigenvalue weighted by Crippen LogP contribution is 2.19. The molecule has 1 aliphatic heterocycles. The van der Waals surface area contributed by atoms with Crippen LogP contribution in [0.15, 0.2) is 64.5 Å². The number of hydrogen-bond donors (Lipinski definition) is 3. The number of sulfonamides is 1. The van der Waals surface area contributed by atoms with E-state index in [4.69, 9.17) is 0 Å². The first kappa shape index (κ1) is 23.5. The van der Waals surface area contributed by atoms with E-state index < -0.39 is 16.1 Å². The first-order valence-electron chi connectivity index (χ1n) is 10.6. The molecule has 1 atom stereocenters. The third-order valence-corrected chi connectivity index (χ3v) is 6.44. The summed E-state index contributed by atoms with van der Waals surface area (Å²) in [6.07, 6.45) is 3.58. The zero-order chi connectivity index (χ0) is 23.0. The third kappa shape index (κ3) is 6.91. The molecule has 0 saturated carbocycles. The second-order valence-corrected chi connectivity index (χ2v) is 9.37. The van der Waals surface area contributed by atoms with Crippen LogP contribution in [-0.4, -0.2) is 32.6 Å². The van der Waals surface area contributed by atoms with Gasteiger partial charge in [0, 0.05) is 25.6 Å². The molecule has 0 saturated heterocycles. The van der Waals surface area contributed by atoms with Crippen LogP contribution < -0.4 is 15.4 Å². The van der Waals surface area contributed by atoms with Crippen LogP contribution in [0, 0.1) is 0 Å². The number of anilines is 1. The molecule has 0 radical (unpaired) electrons. The van der Waals surface area contributed by atoms with Crippen molar-refractivity contribution in [3.8, 4) is 0 Å². The fourth-order valence-corrected chi connectivity index (χ4v) is 4.56. The molecule has 2 aromatic rings. The highest BCUT2D eigenvalue weighted by molar-refractivity contribution is 7.90. The van der Waals surface area contributed by atoms with Crippen LogP contribution in [0.1, 0.15) is 50.6 Å². The van der Waals surface area contributed by atoms with Gasteiger partial charge in [0.05, 0.1) is 17.4 Å². The molecule has 3 N–H and O–H groups in total. The molecule has 8 nitrogen and oxygen atoms in total. The SMILES string of the molecule is CC(=O)N[C@H](CC(=O)Nc1ccc(S(=O)(=O)NC2=NCCCCC2)cc1)c1ccccc1. The molecule has 1 aliphatic rings. The van der Waals surface area contributed by atoms with E-state index in [-0.39, 0.29) is 23.1 Å². The van der Waals surface area contributed by atoms with E-state index >= 15 is 0 Å². The third-order valence-electron chi connectivity index (χ3n) is 5.04. The van der Waals surface area contributed by atoms with Crippen molar-refractivity contribution in [2.45, 2.75) is 50.0 Å². The van der Waals surface area contributed by atoms with Gasteiger partial charge >= 0.3 is 0 Å². The summed E-state index contributed by atoms with van der Waals surface area (Å²) in [6, 6.07) is 14.7. The van der Waals surface area contributed by atoms with Crippen LogP contribution in [0.5, 0.6) is 0 Å². The fourth-order valence-electron chi connectivity index (χ4n) is 3.47. The number of aliphatic imine (C=N–C) groups is 1. The van der Waals surface area contributed by atoms with Crippen molar-refractivity contribution in [3.63, 3.8) is 0 Å². The lowest BCUT2D eigenvalue weighted by molar-refractivity contribution is -0.120. The summed E-state index contributed by atoms with van der Waals surface area (Å²) in [5, 5.41) is 5.54. The molecule has 170 valence electrons. The summed E-state index contributed by atoms with van der Waals surface area (Å²) in [5.74, 6) is -0.0362. The Morgan fingerprint density at radius 1 is 1.00 bits per heavy atom. The molecular formula is C23H28N4O4S. The van der Waals surface area contributed by atoms with Crippen molar-refractivity contribution in [1.82, 2.24) is 10.0 Å². The van der Waals surface area contributed by atoms with Gasteiger partial charge in [-0.15, -0.1) is 0 Å². The van der Waals surface area contributed by atoms with Crippen LogP contribution >= 0.6 is 0 Å². The van der Waals surface area contributed by atoms with Crippen molar-refractivity contribution < 1.29 is 18.0 Å². The van der Waals surface area contributed by atoms with Crippen LogP contribution in [0.3, 0.4) is 0 Å². The second kappa shape index (κ2) is 10.9. The number of amides is 2. The normalized spacial score (nSPS) is 15.1. The Hall–Kier alpha value is -3.20. The molecule has 2 amide bonds. The summed E-state index contributed by atoms with van der Waals surface area (Å²) in [7, 11) is -3.73. The van der Waals surface area contributed by atoms with Crippen LogP contribution in [-0.2, 0) is 19.6 Å². The molecule has 3 rings (SSSR count). The fraction of sp³-hybridized carbons (Fsp3) is 0.348. The summed E-state index contributed by atoms with van der Waals surface area (Å²) >= 11 is 0. The lowest BCUT2D eigenvalue weighted by Gasteiger charge is -2.18. The lowest BCUT2D eigenvalue weighted by Crippen LogP contribution is -2.30. The Morgan fingerprint density at radius 2 is 1.72 bits per heavy atom. The monoisotopic (exact) mass is 456 g/mol. The summed E-state index contributed by atoms with van der Waals surface area (Å²) in [5.41, 5.74) is 1.29. The highest BCUT2D eigenvalue weighted by Gasteiger charge is 2.19. The highest BCUT2D eigenvalue weighted by atomic mass is 32.2. The average molecular weight is 457 g/mol. The second-order valence-electron chi connectivity index (χ2n) is 7.69. The molecule has 2 aromatic carbocycles. The Balaban J connectivity index is 1.63. The van der Waals surface area contributed by atoms with Crippen molar-refractivity contribution >= 4 is 33.4 Å². The maximum Gasteiger partial charge on any atom is 0.262 e. The summed E-state index contributed by atoms with van der Waals surface area (Å²) < 4.78 is 27.8. The van der Waals surface area contributed by atoms with Crippen molar-refractivity contribution in [3.05, 3.63) is 60.2 Å². The van der Waals surface area contributed by atoms with E-state index in [2.05, 4.69) is 20.3 Å². The minimum atomic E-state index is -3.73. The molecule has 0 fully saturated rings. The molecular weight excluding hydrogens is 428 g/mol. The first-order valence-corrected chi connectivity index (χ1v) is 12.1. The maximum absolute atomic E-state index is 12.6. The van der Waals surface area contributed by atoms with Gasteiger partial charge in [-0.25, -0.2) is 8.42 Å². The van der Waals surface area contributed by atoms with Gasteiger partial charge in [-0.2, -0.15) is 0 Å². The Morgan fingerprint density at radius 3 is 2.41 bits per heavy atom. The molecule has 1 heterocycles. The van der Waals surface area contributed by atoms with E-state index in [0.717, 1.165) is 24.8 Å². The Labute approximate surface area is 188 Å². The lowest BCUT2D eigenvalue weighted by atomic mass is 10.0. The topological polar surface area (TPSA) is 117 Å². The van der Waals surface area contributed by atoms with Gasteiger partial charge in [0.1, 0.15) is 5.84 Å². The predicted octanol–water partition coefficient (Wildman–Crippen LogP) is 3.14. The van der Waals surface area contributed by atoms with Crippen LogP contribution in [0.4, 0.5) is 5.69 Å². The van der Waals surface area contributed by atoms with Crippen LogP contribution in [0.2, 0.25) is 0 Å². The molecule has 0 aliphatic carbocycles. The Kier molecular flexibility index (Phi) is 7.99. The van der Waals surface area contributed by atoms with Crippen molar-refractivity contribution in [1.29, 1.82) is 0 Å². The van der Waals surface area contributed by atoms with E-state index in [9.17, 15) is 18.0 Å². The zero-order valence-corrected chi connectivity index (χ0v) is 18.8. The molecule has 0 aromatic heterocycles. The number of nitrogens with zero attached hydrogens (tertiary/aromatic N) is 1.